The average molecular weight is 344 g/mol. The van der Waals surface area contributed by atoms with Crippen LogP contribution in [0.3, 0.4) is 0 Å². The van der Waals surface area contributed by atoms with Crippen molar-refractivity contribution in [3.63, 3.8) is 0 Å². The second kappa shape index (κ2) is 6.74. The predicted molar refractivity (Wildman–Crippen MR) is 93.4 cm³/mol. The van der Waals surface area contributed by atoms with E-state index < -0.39 is 5.60 Å². The number of aromatic nitrogens is 2. The molecule has 3 heterocycles. The SMILES string of the molecule is O=C(c1nc2ccccc2[nH]1)N1CCOC[C@@](O)(CN2CCCC2)C1. The Balaban J connectivity index is 1.52. The van der Waals surface area contributed by atoms with Crippen molar-refractivity contribution in [3.05, 3.63) is 30.1 Å². The molecule has 1 amide bonds. The maximum atomic E-state index is 12.9. The number of carbonyl (C=O) groups excluding carboxylic acids is 1. The van der Waals surface area contributed by atoms with Crippen LogP contribution in [0.4, 0.5) is 0 Å². The number of H-pyrrole nitrogens is 1. The molecular formula is C18H24N4O3. The summed E-state index contributed by atoms with van der Waals surface area (Å²) in [5.74, 6) is 0.119. The van der Waals surface area contributed by atoms with Crippen molar-refractivity contribution in [2.24, 2.45) is 0 Å². The number of β-amino-alcohol motifs (C(OH)–C–C–N with tert-alkyl or cyclic N) is 1. The Morgan fingerprint density at radius 1 is 1.28 bits per heavy atom. The molecule has 0 bridgehead atoms. The zero-order valence-corrected chi connectivity index (χ0v) is 14.3. The third-order valence-corrected chi connectivity index (χ3v) is 4.96. The van der Waals surface area contributed by atoms with Crippen LogP contribution in [0.2, 0.25) is 0 Å². The van der Waals surface area contributed by atoms with Crippen molar-refractivity contribution in [1.82, 2.24) is 19.8 Å². The van der Waals surface area contributed by atoms with E-state index in [1.54, 1.807) is 4.90 Å². The first-order valence-electron chi connectivity index (χ1n) is 8.90. The number of para-hydroxylation sites is 2. The molecule has 0 spiro atoms. The van der Waals surface area contributed by atoms with E-state index in [0.717, 1.165) is 24.1 Å². The highest BCUT2D eigenvalue weighted by atomic mass is 16.5. The maximum absolute atomic E-state index is 12.9. The Hall–Kier alpha value is -1.96. The Bertz CT molecular complexity index is 723. The molecule has 2 aliphatic heterocycles. The summed E-state index contributed by atoms with van der Waals surface area (Å²) in [5.41, 5.74) is 0.566. The minimum atomic E-state index is -1.04. The molecule has 1 atom stereocenters. The second-order valence-corrected chi connectivity index (χ2v) is 7.09. The van der Waals surface area contributed by atoms with E-state index in [0.29, 0.717) is 25.5 Å². The Labute approximate surface area is 146 Å². The summed E-state index contributed by atoms with van der Waals surface area (Å²) in [6.07, 6.45) is 2.33. The molecule has 2 aliphatic rings. The van der Waals surface area contributed by atoms with Gasteiger partial charge in [0, 0.05) is 13.1 Å². The Morgan fingerprint density at radius 3 is 2.88 bits per heavy atom. The van der Waals surface area contributed by atoms with Crippen LogP contribution in [-0.4, -0.2) is 82.3 Å². The summed E-state index contributed by atoms with van der Waals surface area (Å²) >= 11 is 0. The molecule has 7 nitrogen and oxygen atoms in total. The number of nitrogens with zero attached hydrogens (tertiary/aromatic N) is 3. The molecule has 134 valence electrons. The fourth-order valence-corrected chi connectivity index (χ4v) is 3.75. The second-order valence-electron chi connectivity index (χ2n) is 7.09. The van der Waals surface area contributed by atoms with Gasteiger partial charge in [-0.15, -0.1) is 0 Å². The van der Waals surface area contributed by atoms with Crippen LogP contribution in [0, 0.1) is 0 Å². The number of aliphatic hydroxyl groups is 1. The van der Waals surface area contributed by atoms with E-state index in [4.69, 9.17) is 4.74 Å². The minimum absolute atomic E-state index is 0.193. The van der Waals surface area contributed by atoms with E-state index in [-0.39, 0.29) is 19.1 Å². The Morgan fingerprint density at radius 2 is 2.08 bits per heavy atom. The van der Waals surface area contributed by atoms with Gasteiger partial charge < -0.3 is 24.6 Å². The van der Waals surface area contributed by atoms with Gasteiger partial charge in [-0.1, -0.05) is 12.1 Å². The van der Waals surface area contributed by atoms with Crippen molar-refractivity contribution in [3.8, 4) is 0 Å². The van der Waals surface area contributed by atoms with E-state index >= 15 is 0 Å². The Kier molecular flexibility index (Phi) is 4.45. The van der Waals surface area contributed by atoms with Gasteiger partial charge in [0.1, 0.15) is 5.60 Å². The maximum Gasteiger partial charge on any atom is 0.289 e. The van der Waals surface area contributed by atoms with Crippen molar-refractivity contribution in [1.29, 1.82) is 0 Å². The number of fused-ring (bicyclic) bond motifs is 1. The number of amides is 1. The van der Waals surface area contributed by atoms with Crippen molar-refractivity contribution in [2.45, 2.75) is 18.4 Å². The number of imidazole rings is 1. The number of nitrogens with one attached hydrogen (secondary N) is 1. The van der Waals surface area contributed by atoms with Gasteiger partial charge in [0.25, 0.3) is 5.91 Å². The van der Waals surface area contributed by atoms with E-state index in [1.165, 1.54) is 12.8 Å². The molecule has 0 radical (unpaired) electrons. The van der Waals surface area contributed by atoms with Gasteiger partial charge >= 0.3 is 0 Å². The normalized spacial score (nSPS) is 25.4. The predicted octanol–water partition coefficient (Wildman–Crippen LogP) is 0.862. The van der Waals surface area contributed by atoms with Crippen LogP contribution in [0.25, 0.3) is 11.0 Å². The molecule has 2 aromatic rings. The zero-order valence-electron chi connectivity index (χ0n) is 14.3. The van der Waals surface area contributed by atoms with Crippen LogP contribution < -0.4 is 0 Å². The number of benzene rings is 1. The lowest BCUT2D eigenvalue weighted by atomic mass is 10.0. The molecule has 0 aliphatic carbocycles. The van der Waals surface area contributed by atoms with Crippen LogP contribution in [0.1, 0.15) is 23.5 Å². The first kappa shape index (κ1) is 16.5. The zero-order chi connectivity index (χ0) is 17.3. The lowest BCUT2D eigenvalue weighted by Crippen LogP contribution is -2.53. The van der Waals surface area contributed by atoms with Gasteiger partial charge in [0.05, 0.1) is 30.8 Å². The van der Waals surface area contributed by atoms with Crippen LogP contribution >= 0.6 is 0 Å². The highest BCUT2D eigenvalue weighted by Gasteiger charge is 2.37. The number of carbonyl (C=O) groups is 1. The third-order valence-electron chi connectivity index (χ3n) is 4.96. The van der Waals surface area contributed by atoms with Gasteiger partial charge in [0.2, 0.25) is 0 Å². The van der Waals surface area contributed by atoms with Gasteiger partial charge in [-0.25, -0.2) is 4.98 Å². The number of rotatable bonds is 3. The van der Waals surface area contributed by atoms with Crippen molar-refractivity contribution in [2.75, 3.05) is 45.9 Å². The molecular weight excluding hydrogens is 320 g/mol. The summed E-state index contributed by atoms with van der Waals surface area (Å²) in [5, 5.41) is 11.0. The minimum Gasteiger partial charge on any atom is -0.384 e. The van der Waals surface area contributed by atoms with Crippen molar-refractivity contribution < 1.29 is 14.6 Å². The molecule has 2 N–H and O–H groups in total. The van der Waals surface area contributed by atoms with Crippen LogP contribution in [-0.2, 0) is 4.74 Å². The molecule has 2 fully saturated rings. The summed E-state index contributed by atoms with van der Waals surface area (Å²) < 4.78 is 5.59. The molecule has 0 unspecified atom stereocenters. The number of hydrogen-bond donors (Lipinski definition) is 2. The monoisotopic (exact) mass is 344 g/mol. The number of likely N-dealkylation sites (tertiary alicyclic amines) is 1. The fraction of sp³-hybridized carbons (Fsp3) is 0.556. The standard InChI is InChI=1S/C18H24N4O3/c23-17(16-19-14-5-1-2-6-15(14)20-16)22-9-10-25-13-18(24,12-22)11-21-7-3-4-8-21/h1-2,5-6,24H,3-4,7-13H2,(H,19,20)/t18-/m1/s1. The molecule has 7 heteroatoms. The quantitative estimate of drug-likeness (QED) is 0.863. The highest BCUT2D eigenvalue weighted by molar-refractivity contribution is 5.94. The average Bonchev–Trinajstić information content (AvgIpc) is 3.21. The van der Waals surface area contributed by atoms with Crippen LogP contribution in [0.15, 0.2) is 24.3 Å². The van der Waals surface area contributed by atoms with Gasteiger partial charge in [0.15, 0.2) is 5.82 Å². The fourth-order valence-electron chi connectivity index (χ4n) is 3.75. The summed E-state index contributed by atoms with van der Waals surface area (Å²) in [6.45, 7) is 3.94. The molecule has 0 saturated carbocycles. The third kappa shape index (κ3) is 3.53. The number of hydrogen-bond acceptors (Lipinski definition) is 5. The summed E-state index contributed by atoms with van der Waals surface area (Å²) in [6, 6.07) is 7.57. The van der Waals surface area contributed by atoms with Gasteiger partial charge in [-0.2, -0.15) is 0 Å². The lowest BCUT2D eigenvalue weighted by molar-refractivity contribution is -0.0525. The number of ether oxygens (including phenoxy) is 1. The topological polar surface area (TPSA) is 81.7 Å². The first-order valence-corrected chi connectivity index (χ1v) is 8.90. The molecule has 25 heavy (non-hydrogen) atoms. The summed E-state index contributed by atoms with van der Waals surface area (Å²) in [4.78, 5) is 24.3. The van der Waals surface area contributed by atoms with Gasteiger partial charge in [-0.05, 0) is 38.1 Å². The molecule has 2 saturated heterocycles. The lowest BCUT2D eigenvalue weighted by Gasteiger charge is -2.33. The molecule has 1 aromatic heterocycles. The van der Waals surface area contributed by atoms with E-state index in [9.17, 15) is 9.90 Å². The van der Waals surface area contributed by atoms with Crippen LogP contribution in [0.5, 0.6) is 0 Å². The number of aromatic amines is 1. The van der Waals surface area contributed by atoms with E-state index in [2.05, 4.69) is 14.9 Å². The van der Waals surface area contributed by atoms with Gasteiger partial charge in [-0.3, -0.25) is 4.79 Å². The first-order chi connectivity index (χ1) is 12.1. The molecule has 4 rings (SSSR count). The molecule has 1 aromatic carbocycles. The summed E-state index contributed by atoms with van der Waals surface area (Å²) in [7, 11) is 0. The van der Waals surface area contributed by atoms with Crippen molar-refractivity contribution >= 4 is 16.9 Å². The smallest absolute Gasteiger partial charge is 0.289 e. The largest absolute Gasteiger partial charge is 0.384 e. The van der Waals surface area contributed by atoms with E-state index in [1.807, 2.05) is 24.3 Å². The highest BCUT2D eigenvalue weighted by Crippen LogP contribution is 2.19.